The van der Waals surface area contributed by atoms with Gasteiger partial charge >= 0.3 is 6.18 Å². The van der Waals surface area contributed by atoms with Crippen LogP contribution in [0, 0.1) is 25.1 Å². The van der Waals surface area contributed by atoms with E-state index in [4.69, 9.17) is 10.5 Å². The van der Waals surface area contributed by atoms with Gasteiger partial charge in [-0.25, -0.2) is 9.37 Å². The van der Waals surface area contributed by atoms with Crippen LogP contribution < -0.4 is 11.1 Å². The number of nitrogens with two attached hydrogens (primary N) is 1. The summed E-state index contributed by atoms with van der Waals surface area (Å²) in [5.41, 5.74) is 6.29. The van der Waals surface area contributed by atoms with Gasteiger partial charge in [0.15, 0.2) is 11.6 Å². The number of aromatic nitrogens is 2. The van der Waals surface area contributed by atoms with Crippen molar-refractivity contribution >= 4 is 11.7 Å². The fourth-order valence-corrected chi connectivity index (χ4v) is 4.06. The highest BCUT2D eigenvalue weighted by atomic mass is 19.4. The molecule has 35 heavy (non-hydrogen) atoms. The molecule has 0 radical (unpaired) electrons. The van der Waals surface area contributed by atoms with Crippen LogP contribution in [0.5, 0.6) is 0 Å². The molecule has 2 aromatic rings. The Morgan fingerprint density at radius 3 is 2.57 bits per heavy atom. The maximum Gasteiger partial charge on any atom is 0.389 e. The van der Waals surface area contributed by atoms with Crippen LogP contribution in [0.3, 0.4) is 0 Å². The second-order valence-electron chi connectivity index (χ2n) is 10.2. The molecule has 1 unspecified atom stereocenters. The number of hydrogen-bond donors (Lipinski definition) is 2. The summed E-state index contributed by atoms with van der Waals surface area (Å²) in [4.78, 5) is 17.6. The van der Waals surface area contributed by atoms with Crippen molar-refractivity contribution in [3.05, 3.63) is 58.4 Å². The van der Waals surface area contributed by atoms with Crippen molar-refractivity contribution < 1.29 is 27.1 Å². The quantitative estimate of drug-likeness (QED) is 0.503. The number of alkyl halides is 3. The number of hydrogen-bond acceptors (Lipinski definition) is 4. The van der Waals surface area contributed by atoms with Gasteiger partial charge in [-0.05, 0) is 44.9 Å². The van der Waals surface area contributed by atoms with Crippen LogP contribution >= 0.6 is 0 Å². The third-order valence-electron chi connectivity index (χ3n) is 6.02. The van der Waals surface area contributed by atoms with Crippen LogP contribution in [-0.4, -0.2) is 33.7 Å². The minimum atomic E-state index is -4.32. The van der Waals surface area contributed by atoms with Crippen LogP contribution in [0.1, 0.15) is 66.7 Å². The van der Waals surface area contributed by atoms with E-state index in [-0.39, 0.29) is 31.1 Å². The van der Waals surface area contributed by atoms with Gasteiger partial charge in [0.2, 0.25) is 0 Å². The number of nitrogens with zero attached hydrogens (tertiary/aromatic N) is 2. The zero-order valence-electron chi connectivity index (χ0n) is 20.6. The molecule has 0 spiro atoms. The zero-order chi connectivity index (χ0) is 26.2. The Balaban J connectivity index is 1.80. The van der Waals surface area contributed by atoms with Gasteiger partial charge in [-0.1, -0.05) is 26.0 Å². The highest BCUT2D eigenvalue weighted by molar-refractivity contribution is 5.94. The number of amides is 1. The molecule has 10 heteroatoms. The number of nitrogens with one attached hydrogen (secondary N) is 1. The monoisotopic (exact) mass is 496 g/mol. The molecule has 3 rings (SSSR count). The number of aryl methyl sites for hydroxylation is 2. The molecule has 0 saturated carbocycles. The van der Waals surface area contributed by atoms with Crippen molar-refractivity contribution in [2.24, 2.45) is 11.1 Å². The van der Waals surface area contributed by atoms with E-state index in [1.807, 2.05) is 19.9 Å². The van der Waals surface area contributed by atoms with Crippen LogP contribution in [0.25, 0.3) is 5.76 Å². The Morgan fingerprint density at radius 2 is 1.94 bits per heavy atom. The van der Waals surface area contributed by atoms with E-state index in [9.17, 15) is 22.4 Å². The first kappa shape index (κ1) is 26.7. The summed E-state index contributed by atoms with van der Waals surface area (Å²) >= 11 is 0. The lowest BCUT2D eigenvalue weighted by Crippen LogP contribution is -2.48. The first-order valence-electron chi connectivity index (χ1n) is 11.4. The number of imidazole rings is 1. The summed E-state index contributed by atoms with van der Waals surface area (Å²) in [7, 11) is 0. The highest BCUT2D eigenvalue weighted by Gasteiger charge is 2.34. The predicted octanol–water partition coefficient (Wildman–Crippen LogP) is 5.03. The SMILES string of the molecule is Cc1cccc(F)c1COC1=CC(C)(C)Cn2c1nc(C)c2C(=O)NCC(C)(N)CCC(F)(F)F. The van der Waals surface area contributed by atoms with Gasteiger partial charge in [0.25, 0.3) is 5.91 Å². The molecule has 0 fully saturated rings. The maximum absolute atomic E-state index is 14.3. The molecule has 1 atom stereocenters. The second kappa shape index (κ2) is 9.64. The second-order valence-corrected chi connectivity index (χ2v) is 10.2. The van der Waals surface area contributed by atoms with E-state index >= 15 is 0 Å². The average molecular weight is 497 g/mol. The van der Waals surface area contributed by atoms with Crippen molar-refractivity contribution in [1.29, 1.82) is 0 Å². The van der Waals surface area contributed by atoms with E-state index in [0.29, 0.717) is 29.4 Å². The van der Waals surface area contributed by atoms with E-state index in [1.165, 1.54) is 13.0 Å². The highest BCUT2D eigenvalue weighted by Crippen LogP contribution is 2.35. The van der Waals surface area contributed by atoms with E-state index in [1.54, 1.807) is 30.5 Å². The number of fused-ring (bicyclic) bond motifs is 1. The van der Waals surface area contributed by atoms with Crippen molar-refractivity contribution in [3.8, 4) is 0 Å². The molecule has 0 saturated heterocycles. The molecular formula is C25H32F4N4O2. The Bertz CT molecular complexity index is 1110. The van der Waals surface area contributed by atoms with Crippen LogP contribution in [0.15, 0.2) is 24.3 Å². The average Bonchev–Trinajstić information content (AvgIpc) is 3.04. The van der Waals surface area contributed by atoms with Crippen molar-refractivity contribution in [1.82, 2.24) is 14.9 Å². The number of rotatable bonds is 8. The molecule has 1 aromatic heterocycles. The lowest BCUT2D eigenvalue weighted by atomic mass is 9.90. The Kier molecular flexibility index (Phi) is 7.36. The summed E-state index contributed by atoms with van der Waals surface area (Å²) in [6.07, 6.45) is -3.76. The minimum absolute atomic E-state index is 0.00140. The van der Waals surface area contributed by atoms with Gasteiger partial charge in [0.1, 0.15) is 18.1 Å². The van der Waals surface area contributed by atoms with Gasteiger partial charge in [0, 0.05) is 36.0 Å². The fourth-order valence-electron chi connectivity index (χ4n) is 4.06. The van der Waals surface area contributed by atoms with Crippen molar-refractivity contribution in [2.45, 2.75) is 72.3 Å². The van der Waals surface area contributed by atoms with Crippen LogP contribution in [-0.2, 0) is 17.9 Å². The van der Waals surface area contributed by atoms with E-state index < -0.39 is 29.5 Å². The largest absolute Gasteiger partial charge is 0.485 e. The van der Waals surface area contributed by atoms with Gasteiger partial charge in [-0.2, -0.15) is 13.2 Å². The number of halogens is 4. The molecule has 192 valence electrons. The molecule has 1 aliphatic rings. The van der Waals surface area contributed by atoms with Gasteiger partial charge in [-0.3, -0.25) is 4.79 Å². The summed E-state index contributed by atoms with van der Waals surface area (Å²) in [5, 5.41) is 2.67. The minimum Gasteiger partial charge on any atom is -0.485 e. The lowest BCUT2D eigenvalue weighted by Gasteiger charge is -2.30. The smallest absolute Gasteiger partial charge is 0.389 e. The third kappa shape index (κ3) is 6.62. The first-order chi connectivity index (χ1) is 16.1. The third-order valence-corrected chi connectivity index (χ3v) is 6.02. The fraction of sp³-hybridized carbons (Fsp3) is 0.520. The van der Waals surface area contributed by atoms with E-state index in [2.05, 4.69) is 10.3 Å². The predicted molar refractivity (Wildman–Crippen MR) is 125 cm³/mol. The first-order valence-corrected chi connectivity index (χ1v) is 11.4. The van der Waals surface area contributed by atoms with Crippen LogP contribution in [0.4, 0.5) is 17.6 Å². The summed E-state index contributed by atoms with van der Waals surface area (Å²) in [6.45, 7) is 9.20. The molecule has 0 bridgehead atoms. The topological polar surface area (TPSA) is 82.2 Å². The lowest BCUT2D eigenvalue weighted by molar-refractivity contribution is -0.137. The molecule has 3 N–H and O–H groups in total. The Morgan fingerprint density at radius 1 is 1.26 bits per heavy atom. The normalized spacial score (nSPS) is 16.8. The molecule has 0 aliphatic carbocycles. The standard InChI is InChI=1S/C25H32F4N4O2/c1-15-7-6-8-18(26)17(15)12-35-19-11-23(3,4)14-33-20(16(2)32-21(19)33)22(34)31-13-24(5,30)9-10-25(27,28)29/h6-8,11H,9-10,12-14,30H2,1-5H3,(H,31,34). The number of carbonyl (C=O) groups excluding carboxylic acids is 1. The number of benzene rings is 1. The summed E-state index contributed by atoms with van der Waals surface area (Å²) in [5.74, 6) is 0.0241. The molecule has 2 heterocycles. The molecule has 6 nitrogen and oxygen atoms in total. The maximum atomic E-state index is 14.3. The van der Waals surface area contributed by atoms with Crippen molar-refractivity contribution in [2.75, 3.05) is 6.54 Å². The van der Waals surface area contributed by atoms with Gasteiger partial charge in [0.05, 0.1) is 5.69 Å². The molecule has 1 aromatic carbocycles. The number of carbonyl (C=O) groups is 1. The molecular weight excluding hydrogens is 464 g/mol. The Hall–Kier alpha value is -2.88. The van der Waals surface area contributed by atoms with Gasteiger partial charge < -0.3 is 20.4 Å². The zero-order valence-corrected chi connectivity index (χ0v) is 20.6. The number of allylic oxidation sites excluding steroid dienone is 1. The number of ether oxygens (including phenoxy) is 1. The molecule has 1 amide bonds. The summed E-state index contributed by atoms with van der Waals surface area (Å²) in [6, 6.07) is 4.81. The van der Waals surface area contributed by atoms with Crippen molar-refractivity contribution in [3.63, 3.8) is 0 Å². The van der Waals surface area contributed by atoms with E-state index in [0.717, 1.165) is 5.56 Å². The molecule has 1 aliphatic heterocycles. The van der Waals surface area contributed by atoms with Gasteiger partial charge in [-0.15, -0.1) is 0 Å². The Labute approximate surface area is 202 Å². The van der Waals surface area contributed by atoms with Crippen LogP contribution in [0.2, 0.25) is 0 Å². The summed E-state index contributed by atoms with van der Waals surface area (Å²) < 4.78 is 59.8.